The van der Waals surface area contributed by atoms with Crippen molar-refractivity contribution in [1.29, 1.82) is 0 Å². The van der Waals surface area contributed by atoms with Crippen LogP contribution < -0.4 is 5.32 Å². The molecule has 1 aromatic carbocycles. The molecule has 0 bridgehead atoms. The molecule has 1 saturated carbocycles. The van der Waals surface area contributed by atoms with E-state index in [2.05, 4.69) is 21.2 Å². The molecule has 1 unspecified atom stereocenters. The van der Waals surface area contributed by atoms with Crippen LogP contribution in [0.5, 0.6) is 0 Å². The van der Waals surface area contributed by atoms with Gasteiger partial charge < -0.3 is 15.1 Å². The van der Waals surface area contributed by atoms with Crippen LogP contribution in [0, 0.1) is 12.8 Å². The Bertz CT molecular complexity index is 733. The molecule has 0 radical (unpaired) electrons. The molecular formula is C19H24BrN3O3. The maximum atomic E-state index is 12.7. The number of likely N-dealkylation sites (N-methyl/N-ethyl adjacent to an activating group) is 1. The number of benzene rings is 1. The SMILES string of the molecule is Cc1cc(Br)ccc1NC(=O)CN(C)C(=O)C1CCCN1C(=O)C1CC1. The first-order chi connectivity index (χ1) is 12.4. The van der Waals surface area contributed by atoms with Gasteiger partial charge in [0.25, 0.3) is 0 Å². The fraction of sp³-hybridized carbons (Fsp3) is 0.526. The van der Waals surface area contributed by atoms with Gasteiger partial charge in [-0.2, -0.15) is 0 Å². The molecule has 2 aliphatic rings. The first kappa shape index (κ1) is 18.9. The summed E-state index contributed by atoms with van der Waals surface area (Å²) in [5.74, 6) is -0.190. The summed E-state index contributed by atoms with van der Waals surface area (Å²) in [7, 11) is 1.62. The van der Waals surface area contributed by atoms with E-state index in [4.69, 9.17) is 0 Å². The molecule has 1 saturated heterocycles. The Labute approximate surface area is 162 Å². The van der Waals surface area contributed by atoms with Crippen molar-refractivity contribution < 1.29 is 14.4 Å². The second-order valence-electron chi connectivity index (χ2n) is 7.17. The molecule has 2 fully saturated rings. The molecule has 3 rings (SSSR count). The number of carbonyl (C=O) groups is 3. The van der Waals surface area contributed by atoms with Gasteiger partial charge in [-0.05, 0) is 56.4 Å². The highest BCUT2D eigenvalue weighted by molar-refractivity contribution is 9.10. The third kappa shape index (κ3) is 4.26. The Hall–Kier alpha value is -1.89. The van der Waals surface area contributed by atoms with E-state index in [1.807, 2.05) is 25.1 Å². The maximum Gasteiger partial charge on any atom is 0.245 e. The summed E-state index contributed by atoms with van der Waals surface area (Å²) in [4.78, 5) is 40.5. The summed E-state index contributed by atoms with van der Waals surface area (Å²) in [5.41, 5.74) is 1.67. The van der Waals surface area contributed by atoms with Crippen molar-refractivity contribution in [2.24, 2.45) is 5.92 Å². The van der Waals surface area contributed by atoms with Crippen molar-refractivity contribution in [2.45, 2.75) is 38.6 Å². The van der Waals surface area contributed by atoms with Crippen LogP contribution in [0.25, 0.3) is 0 Å². The molecule has 1 aliphatic heterocycles. The molecule has 0 aromatic heterocycles. The first-order valence-electron chi connectivity index (χ1n) is 8.98. The fourth-order valence-electron chi connectivity index (χ4n) is 3.36. The summed E-state index contributed by atoms with van der Waals surface area (Å²) in [6, 6.07) is 5.18. The number of hydrogen-bond donors (Lipinski definition) is 1. The number of nitrogens with one attached hydrogen (secondary N) is 1. The van der Waals surface area contributed by atoms with Crippen molar-refractivity contribution in [3.63, 3.8) is 0 Å². The summed E-state index contributed by atoms with van der Waals surface area (Å²) in [6.07, 6.45) is 3.38. The Balaban J connectivity index is 1.57. The largest absolute Gasteiger partial charge is 0.335 e. The molecule has 140 valence electrons. The highest BCUT2D eigenvalue weighted by Crippen LogP contribution is 2.34. The minimum absolute atomic E-state index is 0.0315. The van der Waals surface area contributed by atoms with E-state index in [1.165, 1.54) is 4.90 Å². The number of rotatable bonds is 5. The minimum Gasteiger partial charge on any atom is -0.335 e. The molecule has 1 heterocycles. The van der Waals surface area contributed by atoms with Gasteiger partial charge in [0.05, 0.1) is 6.54 Å². The molecular weight excluding hydrogens is 398 g/mol. The van der Waals surface area contributed by atoms with E-state index in [1.54, 1.807) is 11.9 Å². The molecule has 6 nitrogen and oxygen atoms in total. The van der Waals surface area contributed by atoms with E-state index in [9.17, 15) is 14.4 Å². The average Bonchev–Trinajstić information content (AvgIpc) is 3.32. The van der Waals surface area contributed by atoms with Crippen molar-refractivity contribution in [1.82, 2.24) is 9.80 Å². The lowest BCUT2D eigenvalue weighted by Gasteiger charge is -2.28. The van der Waals surface area contributed by atoms with Gasteiger partial charge in [-0.25, -0.2) is 0 Å². The fourth-order valence-corrected chi connectivity index (χ4v) is 3.83. The number of hydrogen-bond acceptors (Lipinski definition) is 3. The van der Waals surface area contributed by atoms with E-state index < -0.39 is 6.04 Å². The quantitative estimate of drug-likeness (QED) is 0.793. The van der Waals surface area contributed by atoms with Gasteiger partial charge >= 0.3 is 0 Å². The van der Waals surface area contributed by atoms with Crippen LogP contribution in [0.15, 0.2) is 22.7 Å². The standard InChI is InChI=1S/C19H24BrN3O3/c1-12-10-14(20)7-8-15(12)21-17(24)11-22(2)19(26)16-4-3-9-23(16)18(25)13-5-6-13/h7-8,10,13,16H,3-6,9,11H2,1-2H3,(H,21,24). The van der Waals surface area contributed by atoms with E-state index >= 15 is 0 Å². The summed E-state index contributed by atoms with van der Waals surface area (Å²) in [6.45, 7) is 2.52. The number of carbonyl (C=O) groups excluding carboxylic acids is 3. The second kappa shape index (κ2) is 7.78. The summed E-state index contributed by atoms with van der Waals surface area (Å²) in [5, 5.41) is 2.84. The zero-order valence-electron chi connectivity index (χ0n) is 15.1. The van der Waals surface area contributed by atoms with Gasteiger partial charge in [-0.1, -0.05) is 15.9 Å². The molecule has 0 spiro atoms. The molecule has 1 aromatic rings. The molecule has 3 amide bonds. The number of anilines is 1. The molecule has 7 heteroatoms. The smallest absolute Gasteiger partial charge is 0.245 e. The second-order valence-corrected chi connectivity index (χ2v) is 8.08. The highest BCUT2D eigenvalue weighted by atomic mass is 79.9. The van der Waals surface area contributed by atoms with Gasteiger partial charge in [0.1, 0.15) is 6.04 Å². The Kier molecular flexibility index (Phi) is 5.65. The zero-order valence-corrected chi connectivity index (χ0v) is 16.7. The van der Waals surface area contributed by atoms with Gasteiger partial charge in [-0.15, -0.1) is 0 Å². The van der Waals surface area contributed by atoms with Crippen molar-refractivity contribution in [3.05, 3.63) is 28.2 Å². The van der Waals surface area contributed by atoms with Gasteiger partial charge in [0, 0.05) is 29.7 Å². The van der Waals surface area contributed by atoms with Crippen LogP contribution in [-0.4, -0.2) is 53.7 Å². The lowest BCUT2D eigenvalue weighted by atomic mass is 10.2. The maximum absolute atomic E-state index is 12.7. The molecule has 1 N–H and O–H groups in total. The highest BCUT2D eigenvalue weighted by Gasteiger charge is 2.41. The van der Waals surface area contributed by atoms with E-state index in [0.717, 1.165) is 35.0 Å². The van der Waals surface area contributed by atoms with Crippen LogP contribution >= 0.6 is 15.9 Å². The molecule has 1 aliphatic carbocycles. The Morgan fingerprint density at radius 1 is 1.27 bits per heavy atom. The van der Waals surface area contributed by atoms with Crippen molar-refractivity contribution in [3.8, 4) is 0 Å². The predicted molar refractivity (Wildman–Crippen MR) is 103 cm³/mol. The molecule has 1 atom stereocenters. The van der Waals surface area contributed by atoms with Gasteiger partial charge in [0.2, 0.25) is 17.7 Å². The van der Waals surface area contributed by atoms with Crippen molar-refractivity contribution >= 4 is 39.3 Å². The van der Waals surface area contributed by atoms with Crippen LogP contribution in [0.1, 0.15) is 31.2 Å². The van der Waals surface area contributed by atoms with E-state index in [-0.39, 0.29) is 30.2 Å². The third-order valence-corrected chi connectivity index (χ3v) is 5.46. The van der Waals surface area contributed by atoms with Gasteiger partial charge in [0.15, 0.2) is 0 Å². The minimum atomic E-state index is -0.421. The van der Waals surface area contributed by atoms with Gasteiger partial charge in [-0.3, -0.25) is 14.4 Å². The number of nitrogens with zero attached hydrogens (tertiary/aromatic N) is 2. The monoisotopic (exact) mass is 421 g/mol. The van der Waals surface area contributed by atoms with E-state index in [0.29, 0.717) is 13.0 Å². The summed E-state index contributed by atoms with van der Waals surface area (Å²) >= 11 is 3.39. The topological polar surface area (TPSA) is 69.7 Å². The lowest BCUT2D eigenvalue weighted by molar-refractivity contribution is -0.144. The lowest BCUT2D eigenvalue weighted by Crippen LogP contribution is -2.48. The van der Waals surface area contributed by atoms with Crippen molar-refractivity contribution in [2.75, 3.05) is 25.5 Å². The summed E-state index contributed by atoms with van der Waals surface area (Å²) < 4.78 is 0.946. The third-order valence-electron chi connectivity index (χ3n) is 4.97. The first-order valence-corrected chi connectivity index (χ1v) is 9.77. The normalized spacial score (nSPS) is 19.3. The zero-order chi connectivity index (χ0) is 18.8. The average molecular weight is 422 g/mol. The van der Waals surface area contributed by atoms with Crippen LogP contribution in [0.4, 0.5) is 5.69 Å². The number of aryl methyl sites for hydroxylation is 1. The number of likely N-dealkylation sites (tertiary alicyclic amines) is 1. The number of amides is 3. The predicted octanol–water partition coefficient (Wildman–Crippen LogP) is 2.56. The van der Waals surface area contributed by atoms with Crippen LogP contribution in [-0.2, 0) is 14.4 Å². The Morgan fingerprint density at radius 3 is 2.65 bits per heavy atom. The van der Waals surface area contributed by atoms with Crippen LogP contribution in [0.2, 0.25) is 0 Å². The van der Waals surface area contributed by atoms with Crippen LogP contribution in [0.3, 0.4) is 0 Å². The number of halogens is 1. The molecule has 26 heavy (non-hydrogen) atoms. The Morgan fingerprint density at radius 2 is 2.00 bits per heavy atom.